The second-order valence-corrected chi connectivity index (χ2v) is 2.87. The van der Waals surface area contributed by atoms with E-state index in [4.69, 9.17) is 15.3 Å². The molecule has 0 saturated heterocycles. The normalized spacial score (nSPS) is 18.4. The van der Waals surface area contributed by atoms with Crippen LogP contribution in [-0.2, 0) is 4.79 Å². The molecule has 0 fully saturated rings. The molecule has 3 atom stereocenters. The quantitative estimate of drug-likeness (QED) is 0.422. The lowest BCUT2D eigenvalue weighted by atomic mass is 10.0. The van der Waals surface area contributed by atoms with Crippen LogP contribution in [0.2, 0.25) is 0 Å². The summed E-state index contributed by atoms with van der Waals surface area (Å²) in [7, 11) is 0. The maximum absolute atomic E-state index is 10.8. The van der Waals surface area contributed by atoms with Crippen molar-refractivity contribution in [2.24, 2.45) is 0 Å². The van der Waals surface area contributed by atoms with Crippen molar-refractivity contribution < 1.29 is 20.1 Å². The first-order valence-electron chi connectivity index (χ1n) is 3.72. The molecule has 0 aromatic carbocycles. The second-order valence-electron chi connectivity index (χ2n) is 2.51. The van der Waals surface area contributed by atoms with Crippen LogP contribution in [0, 0.1) is 0 Å². The molecule has 0 aliphatic rings. The highest BCUT2D eigenvalue weighted by atomic mass is 32.1. The number of rotatable bonds is 5. The molecule has 0 rings (SSSR count). The highest BCUT2D eigenvalue weighted by molar-refractivity contribution is 7.80. The van der Waals surface area contributed by atoms with Crippen LogP contribution in [-0.4, -0.2) is 45.2 Å². The van der Waals surface area contributed by atoms with E-state index in [0.29, 0.717) is 0 Å². The number of ketones is 1. The van der Waals surface area contributed by atoms with E-state index >= 15 is 0 Å². The SMILES string of the molecule is CCC(=O)C(O)C(O)C(O)CS. The fourth-order valence-electron chi connectivity index (χ4n) is 0.718. The standard InChI is InChI=1S/C7H14O4S/c1-2-4(8)6(10)7(11)5(9)3-12/h5-7,9-12H,2-3H2,1H3. The van der Waals surface area contributed by atoms with Crippen molar-refractivity contribution in [3.63, 3.8) is 0 Å². The van der Waals surface area contributed by atoms with Crippen LogP contribution in [0.4, 0.5) is 0 Å². The van der Waals surface area contributed by atoms with Crippen LogP contribution < -0.4 is 0 Å². The minimum Gasteiger partial charge on any atom is -0.389 e. The number of thiol groups is 1. The van der Waals surface area contributed by atoms with Crippen LogP contribution in [0.5, 0.6) is 0 Å². The van der Waals surface area contributed by atoms with Crippen molar-refractivity contribution in [3.05, 3.63) is 0 Å². The Bertz CT molecular complexity index is 150. The number of hydrogen-bond acceptors (Lipinski definition) is 5. The Morgan fingerprint density at radius 2 is 1.92 bits per heavy atom. The average Bonchev–Trinajstić information content (AvgIpc) is 2.12. The van der Waals surface area contributed by atoms with E-state index in [-0.39, 0.29) is 12.2 Å². The highest BCUT2D eigenvalue weighted by Gasteiger charge is 2.27. The van der Waals surface area contributed by atoms with E-state index in [9.17, 15) is 4.79 Å². The van der Waals surface area contributed by atoms with Crippen LogP contribution in [0.25, 0.3) is 0 Å². The van der Waals surface area contributed by atoms with Gasteiger partial charge in [-0.3, -0.25) is 4.79 Å². The van der Waals surface area contributed by atoms with E-state index < -0.39 is 24.1 Å². The summed E-state index contributed by atoms with van der Waals surface area (Å²) in [5.41, 5.74) is 0. The summed E-state index contributed by atoms with van der Waals surface area (Å²) in [6.07, 6.45) is -3.97. The van der Waals surface area contributed by atoms with Crippen molar-refractivity contribution in [1.29, 1.82) is 0 Å². The molecule has 3 unspecified atom stereocenters. The van der Waals surface area contributed by atoms with Gasteiger partial charge in [-0.2, -0.15) is 12.6 Å². The lowest BCUT2D eigenvalue weighted by Crippen LogP contribution is -2.42. The second kappa shape index (κ2) is 5.53. The van der Waals surface area contributed by atoms with Crippen molar-refractivity contribution in [1.82, 2.24) is 0 Å². The predicted octanol–water partition coefficient (Wildman–Crippen LogP) is -1.02. The number of carbonyl (C=O) groups excluding carboxylic acids is 1. The Morgan fingerprint density at radius 3 is 2.25 bits per heavy atom. The van der Waals surface area contributed by atoms with E-state index in [1.54, 1.807) is 6.92 Å². The summed E-state index contributed by atoms with van der Waals surface area (Å²) in [4.78, 5) is 10.8. The third kappa shape index (κ3) is 3.10. The Kier molecular flexibility index (Phi) is 5.48. The van der Waals surface area contributed by atoms with Gasteiger partial charge in [0.2, 0.25) is 0 Å². The molecule has 0 radical (unpaired) electrons. The van der Waals surface area contributed by atoms with Gasteiger partial charge >= 0.3 is 0 Å². The number of Topliss-reactive ketones (excluding diaryl/α,β-unsaturated/α-hetero) is 1. The first kappa shape index (κ1) is 11.9. The van der Waals surface area contributed by atoms with Gasteiger partial charge in [-0.25, -0.2) is 0 Å². The van der Waals surface area contributed by atoms with Gasteiger partial charge < -0.3 is 15.3 Å². The van der Waals surface area contributed by atoms with Crippen LogP contribution in [0.3, 0.4) is 0 Å². The summed E-state index contributed by atoms with van der Waals surface area (Å²) < 4.78 is 0. The van der Waals surface area contributed by atoms with E-state index in [0.717, 1.165) is 0 Å². The molecule has 0 saturated carbocycles. The minimum atomic E-state index is -1.50. The fourth-order valence-corrected chi connectivity index (χ4v) is 0.934. The largest absolute Gasteiger partial charge is 0.389 e. The molecule has 4 nitrogen and oxygen atoms in total. The van der Waals surface area contributed by atoms with Crippen molar-refractivity contribution in [2.45, 2.75) is 31.7 Å². The number of aliphatic hydroxyl groups excluding tert-OH is 3. The molecule has 0 spiro atoms. The summed E-state index contributed by atoms with van der Waals surface area (Å²) in [6, 6.07) is 0. The van der Waals surface area contributed by atoms with Crippen molar-refractivity contribution >= 4 is 18.4 Å². The topological polar surface area (TPSA) is 77.8 Å². The number of carbonyl (C=O) groups is 1. The van der Waals surface area contributed by atoms with Gasteiger partial charge in [0, 0.05) is 12.2 Å². The molecule has 72 valence electrons. The fraction of sp³-hybridized carbons (Fsp3) is 0.857. The van der Waals surface area contributed by atoms with Gasteiger partial charge in [0.25, 0.3) is 0 Å². The van der Waals surface area contributed by atoms with Gasteiger partial charge in [-0.15, -0.1) is 0 Å². The summed E-state index contributed by atoms with van der Waals surface area (Å²) in [5.74, 6) is -0.474. The zero-order valence-electron chi connectivity index (χ0n) is 6.84. The smallest absolute Gasteiger partial charge is 0.163 e. The van der Waals surface area contributed by atoms with Gasteiger partial charge in [0.05, 0.1) is 6.10 Å². The Morgan fingerprint density at radius 1 is 1.42 bits per heavy atom. The lowest BCUT2D eigenvalue weighted by Gasteiger charge is -2.19. The molecular formula is C7H14O4S. The maximum atomic E-state index is 10.8. The van der Waals surface area contributed by atoms with Crippen molar-refractivity contribution in [2.75, 3.05) is 5.75 Å². The van der Waals surface area contributed by atoms with Gasteiger partial charge in [0.15, 0.2) is 5.78 Å². The van der Waals surface area contributed by atoms with Gasteiger partial charge in [-0.05, 0) is 0 Å². The van der Waals surface area contributed by atoms with Gasteiger partial charge in [-0.1, -0.05) is 6.92 Å². The van der Waals surface area contributed by atoms with Crippen LogP contribution >= 0.6 is 12.6 Å². The molecule has 12 heavy (non-hydrogen) atoms. The van der Waals surface area contributed by atoms with Crippen LogP contribution in [0.15, 0.2) is 0 Å². The molecule has 0 aliphatic heterocycles. The monoisotopic (exact) mass is 194 g/mol. The predicted molar refractivity (Wildman–Crippen MR) is 47.2 cm³/mol. The molecule has 0 amide bonds. The number of hydrogen-bond donors (Lipinski definition) is 4. The molecule has 0 aromatic rings. The Hall–Kier alpha value is -0.100. The average molecular weight is 194 g/mol. The molecule has 0 aliphatic carbocycles. The molecule has 0 bridgehead atoms. The zero-order chi connectivity index (χ0) is 9.72. The minimum absolute atomic E-state index is 0.00915. The van der Waals surface area contributed by atoms with Gasteiger partial charge in [0.1, 0.15) is 12.2 Å². The van der Waals surface area contributed by atoms with Crippen LogP contribution in [0.1, 0.15) is 13.3 Å². The summed E-state index contributed by atoms with van der Waals surface area (Å²) in [6.45, 7) is 1.57. The lowest BCUT2D eigenvalue weighted by molar-refractivity contribution is -0.137. The number of aliphatic hydroxyl groups is 3. The molecule has 0 heterocycles. The van der Waals surface area contributed by atoms with E-state index in [1.807, 2.05) is 0 Å². The third-order valence-electron chi connectivity index (χ3n) is 1.58. The van der Waals surface area contributed by atoms with E-state index in [2.05, 4.69) is 12.6 Å². The first-order chi connectivity index (χ1) is 5.54. The summed E-state index contributed by atoms with van der Waals surface area (Å²) in [5, 5.41) is 27.2. The molecule has 3 N–H and O–H groups in total. The maximum Gasteiger partial charge on any atom is 0.163 e. The van der Waals surface area contributed by atoms with Crippen molar-refractivity contribution in [3.8, 4) is 0 Å². The Labute approximate surface area is 76.6 Å². The van der Waals surface area contributed by atoms with E-state index in [1.165, 1.54) is 0 Å². The third-order valence-corrected chi connectivity index (χ3v) is 1.96. The summed E-state index contributed by atoms with van der Waals surface area (Å²) >= 11 is 3.71. The molecule has 0 aromatic heterocycles. The molecular weight excluding hydrogens is 180 g/mol. The zero-order valence-corrected chi connectivity index (χ0v) is 7.74. The molecule has 5 heteroatoms. The highest BCUT2D eigenvalue weighted by Crippen LogP contribution is 2.04. The Balaban J connectivity index is 4.08. The first-order valence-corrected chi connectivity index (χ1v) is 4.35.